The van der Waals surface area contributed by atoms with Crippen LogP contribution in [0.1, 0.15) is 5.56 Å². The number of benzene rings is 1. The number of anilines is 2. The normalized spacial score (nSPS) is 10.5. The van der Waals surface area contributed by atoms with Gasteiger partial charge < -0.3 is 20.2 Å². The van der Waals surface area contributed by atoms with Crippen molar-refractivity contribution in [3.05, 3.63) is 58.6 Å². The van der Waals surface area contributed by atoms with E-state index >= 15 is 0 Å². The van der Waals surface area contributed by atoms with Crippen LogP contribution in [-0.4, -0.2) is 22.8 Å². The Bertz CT molecular complexity index is 993. The molecule has 0 radical (unpaired) electrons. The molecule has 8 nitrogen and oxygen atoms in total. The second kappa shape index (κ2) is 7.14. The molecular weight excluding hydrogens is 336 g/mol. The van der Waals surface area contributed by atoms with Crippen molar-refractivity contribution in [1.82, 2.24) is 9.78 Å². The second-order valence-corrected chi connectivity index (χ2v) is 5.68. The number of nitrogens with two attached hydrogens (primary N) is 1. The first-order valence-corrected chi connectivity index (χ1v) is 7.84. The average Bonchev–Trinajstić information content (AvgIpc) is 3.13. The molecule has 0 fully saturated rings. The molecule has 0 aliphatic carbocycles. The number of rotatable bonds is 5. The van der Waals surface area contributed by atoms with E-state index in [0.717, 1.165) is 10.2 Å². The molecule has 2 aromatic heterocycles. The summed E-state index contributed by atoms with van der Waals surface area (Å²) in [5, 5.41) is 6.88. The molecule has 1 amide bonds. The van der Waals surface area contributed by atoms with Crippen LogP contribution in [0.2, 0.25) is 0 Å². The summed E-state index contributed by atoms with van der Waals surface area (Å²) in [5.74, 6) is 0.541. The second-order valence-electron chi connectivity index (χ2n) is 5.68. The van der Waals surface area contributed by atoms with Gasteiger partial charge in [-0.15, -0.1) is 0 Å². The Kier molecular flexibility index (Phi) is 4.74. The van der Waals surface area contributed by atoms with E-state index in [9.17, 15) is 9.59 Å². The number of hydrogen-bond acceptors (Lipinski definition) is 6. The molecular formula is C18H18N4O4. The van der Waals surface area contributed by atoms with Gasteiger partial charge in [0.25, 0.3) is 5.56 Å². The Labute approximate surface area is 149 Å². The van der Waals surface area contributed by atoms with E-state index in [1.165, 1.54) is 19.4 Å². The number of carbonyl (C=O) groups is 1. The molecule has 0 spiro atoms. The Morgan fingerprint density at radius 1 is 1.35 bits per heavy atom. The maximum atomic E-state index is 12.4. The highest BCUT2D eigenvalue weighted by atomic mass is 16.5. The fourth-order valence-corrected chi connectivity index (χ4v) is 2.46. The topological polar surface area (TPSA) is 112 Å². The van der Waals surface area contributed by atoms with Crippen molar-refractivity contribution in [1.29, 1.82) is 0 Å². The van der Waals surface area contributed by atoms with Crippen molar-refractivity contribution in [3.8, 4) is 17.2 Å². The minimum atomic E-state index is -0.549. The minimum absolute atomic E-state index is 0.0210. The fraction of sp³-hybridized carbons (Fsp3) is 0.167. The molecule has 0 saturated heterocycles. The fourth-order valence-electron chi connectivity index (χ4n) is 2.46. The number of carbonyl (C=O) groups excluding carboxylic acids is 1. The summed E-state index contributed by atoms with van der Waals surface area (Å²) in [6.07, 6.45) is 1.49. The summed E-state index contributed by atoms with van der Waals surface area (Å²) in [7, 11) is 1.51. The highest BCUT2D eigenvalue weighted by Gasteiger charge is 2.14. The Morgan fingerprint density at radius 2 is 2.15 bits per heavy atom. The van der Waals surface area contributed by atoms with E-state index in [0.29, 0.717) is 22.9 Å². The Morgan fingerprint density at radius 3 is 2.85 bits per heavy atom. The van der Waals surface area contributed by atoms with Gasteiger partial charge in [-0.2, -0.15) is 5.10 Å². The maximum absolute atomic E-state index is 12.4. The van der Waals surface area contributed by atoms with Crippen LogP contribution in [0, 0.1) is 6.92 Å². The third-order valence-electron chi connectivity index (χ3n) is 3.70. The highest BCUT2D eigenvalue weighted by Crippen LogP contribution is 2.25. The third kappa shape index (κ3) is 3.59. The van der Waals surface area contributed by atoms with Crippen LogP contribution in [0.15, 0.2) is 51.9 Å². The van der Waals surface area contributed by atoms with Crippen LogP contribution in [0.3, 0.4) is 0 Å². The monoisotopic (exact) mass is 354 g/mol. The van der Waals surface area contributed by atoms with Crippen LogP contribution in [-0.2, 0) is 11.3 Å². The summed E-state index contributed by atoms with van der Waals surface area (Å²) < 4.78 is 11.5. The number of amides is 1. The quantitative estimate of drug-likeness (QED) is 0.725. The SMILES string of the molecule is COc1ccc(C)cc1NC(=O)Cn1nc(-c2ccco2)cc(N)c1=O. The van der Waals surface area contributed by atoms with Gasteiger partial charge in [0.05, 0.1) is 19.1 Å². The van der Waals surface area contributed by atoms with Gasteiger partial charge in [0.15, 0.2) is 5.76 Å². The molecule has 0 aliphatic rings. The van der Waals surface area contributed by atoms with Crippen molar-refractivity contribution in [2.24, 2.45) is 0 Å². The van der Waals surface area contributed by atoms with Gasteiger partial charge in [-0.05, 0) is 42.8 Å². The summed E-state index contributed by atoms with van der Waals surface area (Å²) in [4.78, 5) is 24.6. The van der Waals surface area contributed by atoms with Crippen LogP contribution >= 0.6 is 0 Å². The van der Waals surface area contributed by atoms with Gasteiger partial charge in [0.1, 0.15) is 23.7 Å². The zero-order chi connectivity index (χ0) is 18.7. The van der Waals surface area contributed by atoms with Crippen molar-refractivity contribution in [2.75, 3.05) is 18.2 Å². The molecule has 134 valence electrons. The van der Waals surface area contributed by atoms with Gasteiger partial charge >= 0.3 is 0 Å². The van der Waals surface area contributed by atoms with Gasteiger partial charge in [0, 0.05) is 0 Å². The van der Waals surface area contributed by atoms with Crippen LogP contribution in [0.5, 0.6) is 5.75 Å². The van der Waals surface area contributed by atoms with Gasteiger partial charge in [-0.25, -0.2) is 4.68 Å². The van der Waals surface area contributed by atoms with E-state index in [-0.39, 0.29) is 12.2 Å². The zero-order valence-electron chi connectivity index (χ0n) is 14.4. The number of nitrogens with zero attached hydrogens (tertiary/aromatic N) is 2. The van der Waals surface area contributed by atoms with E-state index in [1.54, 1.807) is 24.3 Å². The van der Waals surface area contributed by atoms with E-state index < -0.39 is 11.5 Å². The largest absolute Gasteiger partial charge is 0.495 e. The van der Waals surface area contributed by atoms with Gasteiger partial charge in [-0.3, -0.25) is 9.59 Å². The first-order chi connectivity index (χ1) is 12.5. The first kappa shape index (κ1) is 17.3. The van der Waals surface area contributed by atoms with Crippen molar-refractivity contribution >= 4 is 17.3 Å². The smallest absolute Gasteiger partial charge is 0.290 e. The standard InChI is InChI=1S/C18H18N4O4/c1-11-5-6-15(25-2)13(8-11)20-17(23)10-22-18(24)12(19)9-14(21-22)16-4-3-7-26-16/h3-9H,10,19H2,1-2H3,(H,20,23). The van der Waals surface area contributed by atoms with Crippen molar-refractivity contribution in [3.63, 3.8) is 0 Å². The lowest BCUT2D eigenvalue weighted by Crippen LogP contribution is -2.31. The molecule has 0 aliphatic heterocycles. The maximum Gasteiger partial charge on any atom is 0.290 e. The predicted octanol–water partition coefficient (Wildman–Crippen LogP) is 2.04. The molecule has 0 bridgehead atoms. The van der Waals surface area contributed by atoms with Crippen LogP contribution < -0.4 is 21.3 Å². The Balaban J connectivity index is 1.86. The third-order valence-corrected chi connectivity index (χ3v) is 3.70. The van der Waals surface area contributed by atoms with Crippen LogP contribution in [0.4, 0.5) is 11.4 Å². The van der Waals surface area contributed by atoms with Crippen LogP contribution in [0.25, 0.3) is 11.5 Å². The molecule has 3 rings (SSSR count). The summed E-state index contributed by atoms with van der Waals surface area (Å²) in [5.41, 5.74) is 7.03. The number of aromatic nitrogens is 2. The molecule has 3 N–H and O–H groups in total. The first-order valence-electron chi connectivity index (χ1n) is 7.84. The summed E-state index contributed by atoms with van der Waals surface area (Å²) >= 11 is 0. The number of nitrogens with one attached hydrogen (secondary N) is 1. The lowest BCUT2D eigenvalue weighted by Gasteiger charge is -2.12. The lowest BCUT2D eigenvalue weighted by atomic mass is 10.2. The lowest BCUT2D eigenvalue weighted by molar-refractivity contribution is -0.117. The summed E-state index contributed by atoms with van der Waals surface area (Å²) in [6, 6.07) is 10.2. The molecule has 8 heteroatoms. The van der Waals surface area contributed by atoms with E-state index in [1.807, 2.05) is 13.0 Å². The molecule has 0 atom stereocenters. The van der Waals surface area contributed by atoms with Crippen molar-refractivity contribution in [2.45, 2.75) is 13.5 Å². The molecule has 2 heterocycles. The summed E-state index contributed by atoms with van der Waals surface area (Å²) in [6.45, 7) is 1.60. The molecule has 0 unspecified atom stereocenters. The van der Waals surface area contributed by atoms with Gasteiger partial charge in [-0.1, -0.05) is 6.07 Å². The average molecular weight is 354 g/mol. The molecule has 3 aromatic rings. The minimum Gasteiger partial charge on any atom is -0.495 e. The number of methoxy groups -OCH3 is 1. The number of aryl methyl sites for hydroxylation is 1. The highest BCUT2D eigenvalue weighted by molar-refractivity contribution is 5.92. The van der Waals surface area contributed by atoms with Crippen molar-refractivity contribution < 1.29 is 13.9 Å². The van der Waals surface area contributed by atoms with E-state index in [4.69, 9.17) is 14.9 Å². The number of hydrogen-bond donors (Lipinski definition) is 2. The predicted molar refractivity (Wildman–Crippen MR) is 97.0 cm³/mol. The molecule has 26 heavy (non-hydrogen) atoms. The number of nitrogen functional groups attached to an aromatic ring is 1. The van der Waals surface area contributed by atoms with Gasteiger partial charge in [0.2, 0.25) is 5.91 Å². The number of furan rings is 1. The number of ether oxygens (including phenoxy) is 1. The zero-order valence-corrected chi connectivity index (χ0v) is 14.4. The molecule has 0 saturated carbocycles. The van der Waals surface area contributed by atoms with E-state index in [2.05, 4.69) is 10.4 Å². The Hall–Kier alpha value is -3.55. The molecule has 1 aromatic carbocycles.